The summed E-state index contributed by atoms with van der Waals surface area (Å²) < 4.78 is 0. The fourth-order valence-electron chi connectivity index (χ4n) is 1.24. The molecular weight excluding hydrogens is 232 g/mol. The van der Waals surface area contributed by atoms with Gasteiger partial charge in [-0.1, -0.05) is 5.16 Å². The lowest BCUT2D eigenvalue weighted by Gasteiger charge is -1.96. The number of aromatic nitrogens is 1. The highest BCUT2D eigenvalue weighted by atomic mass is 16.7. The largest absolute Gasteiger partial charge is 0.508 e. The number of benzene rings is 1. The molecule has 0 amide bonds. The number of nitrogens with zero attached hydrogens (tertiary/aromatic N) is 2. The maximum Gasteiger partial charge on any atom is 0.365 e. The second kappa shape index (κ2) is 5.58. The van der Waals surface area contributed by atoms with Gasteiger partial charge in [-0.15, -0.1) is 0 Å². The second-order valence-electron chi connectivity index (χ2n) is 3.44. The minimum Gasteiger partial charge on any atom is -0.508 e. The molecule has 1 aromatic carbocycles. The van der Waals surface area contributed by atoms with E-state index in [-0.39, 0.29) is 5.75 Å². The summed E-state index contributed by atoms with van der Waals surface area (Å²) in [5.41, 5.74) is 1.10. The molecule has 90 valence electrons. The maximum absolute atomic E-state index is 11.5. The number of oxime groups is 1. The van der Waals surface area contributed by atoms with Gasteiger partial charge in [0.1, 0.15) is 5.75 Å². The molecule has 0 unspecified atom stereocenters. The van der Waals surface area contributed by atoms with Gasteiger partial charge >= 0.3 is 5.97 Å². The average Bonchev–Trinajstić information content (AvgIpc) is 2.42. The van der Waals surface area contributed by atoms with E-state index in [1.807, 2.05) is 0 Å². The van der Waals surface area contributed by atoms with Gasteiger partial charge < -0.3 is 9.94 Å². The van der Waals surface area contributed by atoms with Crippen molar-refractivity contribution >= 4 is 12.2 Å². The van der Waals surface area contributed by atoms with Crippen molar-refractivity contribution < 1.29 is 14.7 Å². The summed E-state index contributed by atoms with van der Waals surface area (Å²) in [4.78, 5) is 20.0. The van der Waals surface area contributed by atoms with Crippen LogP contribution in [0.3, 0.4) is 0 Å². The smallest absolute Gasteiger partial charge is 0.365 e. The van der Waals surface area contributed by atoms with Crippen molar-refractivity contribution in [3.05, 3.63) is 59.9 Å². The SMILES string of the molecule is O=C(O/N=C/c1ccc(O)cc1)c1ccncc1. The van der Waals surface area contributed by atoms with Crippen LogP contribution < -0.4 is 0 Å². The molecule has 1 heterocycles. The Bertz CT molecular complexity index is 550. The van der Waals surface area contributed by atoms with Gasteiger partial charge in [0.2, 0.25) is 0 Å². The predicted molar refractivity (Wildman–Crippen MR) is 65.4 cm³/mol. The topological polar surface area (TPSA) is 71.8 Å². The van der Waals surface area contributed by atoms with Gasteiger partial charge in [0.15, 0.2) is 0 Å². The van der Waals surface area contributed by atoms with Gasteiger partial charge in [-0.2, -0.15) is 0 Å². The Morgan fingerprint density at radius 2 is 1.83 bits per heavy atom. The number of phenolic OH excluding ortho intramolecular Hbond substituents is 1. The molecule has 0 fully saturated rings. The molecule has 0 aliphatic rings. The van der Waals surface area contributed by atoms with Gasteiger partial charge in [0.25, 0.3) is 0 Å². The summed E-state index contributed by atoms with van der Waals surface area (Å²) in [6.07, 6.45) is 4.39. The molecule has 0 atom stereocenters. The second-order valence-corrected chi connectivity index (χ2v) is 3.44. The third-order valence-corrected chi connectivity index (χ3v) is 2.15. The molecule has 1 aromatic heterocycles. The molecule has 0 radical (unpaired) electrons. The normalized spacial score (nSPS) is 10.4. The van der Waals surface area contributed by atoms with E-state index in [0.717, 1.165) is 5.56 Å². The number of rotatable bonds is 3. The van der Waals surface area contributed by atoms with Gasteiger partial charge in [-0.05, 0) is 42.0 Å². The van der Waals surface area contributed by atoms with E-state index >= 15 is 0 Å². The minimum atomic E-state index is -0.549. The van der Waals surface area contributed by atoms with E-state index in [2.05, 4.69) is 10.1 Å². The van der Waals surface area contributed by atoms with Crippen LogP contribution in [0, 0.1) is 0 Å². The van der Waals surface area contributed by atoms with Crippen LogP contribution in [0.15, 0.2) is 53.9 Å². The molecule has 0 spiro atoms. The fourth-order valence-corrected chi connectivity index (χ4v) is 1.24. The molecule has 5 heteroatoms. The summed E-state index contributed by atoms with van der Waals surface area (Å²) in [7, 11) is 0. The molecule has 5 nitrogen and oxygen atoms in total. The number of phenols is 1. The van der Waals surface area contributed by atoms with Crippen LogP contribution in [0.4, 0.5) is 0 Å². The lowest BCUT2D eigenvalue weighted by Crippen LogP contribution is -2.00. The summed E-state index contributed by atoms with van der Waals surface area (Å²) in [6, 6.07) is 9.42. The lowest BCUT2D eigenvalue weighted by molar-refractivity contribution is 0.0519. The first-order chi connectivity index (χ1) is 8.75. The molecular formula is C13H10N2O3. The van der Waals surface area contributed by atoms with Crippen molar-refractivity contribution in [1.82, 2.24) is 4.98 Å². The third-order valence-electron chi connectivity index (χ3n) is 2.15. The third kappa shape index (κ3) is 3.15. The first-order valence-electron chi connectivity index (χ1n) is 5.19. The first kappa shape index (κ1) is 11.8. The van der Waals surface area contributed by atoms with E-state index in [0.29, 0.717) is 5.56 Å². The Balaban J connectivity index is 1.96. The monoisotopic (exact) mass is 242 g/mol. The number of pyridine rings is 1. The van der Waals surface area contributed by atoms with Crippen LogP contribution >= 0.6 is 0 Å². The van der Waals surface area contributed by atoms with Gasteiger partial charge in [-0.25, -0.2) is 4.79 Å². The zero-order valence-corrected chi connectivity index (χ0v) is 9.35. The maximum atomic E-state index is 11.5. The van der Waals surface area contributed by atoms with Crippen LogP contribution in [0.25, 0.3) is 0 Å². The van der Waals surface area contributed by atoms with E-state index < -0.39 is 5.97 Å². The molecule has 0 aliphatic carbocycles. The Labute approximate surface area is 103 Å². The van der Waals surface area contributed by atoms with Crippen LogP contribution in [0.5, 0.6) is 5.75 Å². The van der Waals surface area contributed by atoms with Crippen molar-refractivity contribution in [3.8, 4) is 5.75 Å². The van der Waals surface area contributed by atoms with E-state index in [4.69, 9.17) is 9.94 Å². The van der Waals surface area contributed by atoms with Gasteiger partial charge in [0.05, 0.1) is 11.8 Å². The Hall–Kier alpha value is -2.69. The minimum absolute atomic E-state index is 0.168. The zero-order valence-electron chi connectivity index (χ0n) is 9.35. The Morgan fingerprint density at radius 3 is 2.50 bits per heavy atom. The van der Waals surface area contributed by atoms with Crippen molar-refractivity contribution in [2.45, 2.75) is 0 Å². The number of aromatic hydroxyl groups is 1. The number of carbonyl (C=O) groups excluding carboxylic acids is 1. The first-order valence-corrected chi connectivity index (χ1v) is 5.19. The Morgan fingerprint density at radius 1 is 1.17 bits per heavy atom. The van der Waals surface area contributed by atoms with Crippen molar-refractivity contribution in [2.75, 3.05) is 0 Å². The van der Waals surface area contributed by atoms with Crippen molar-refractivity contribution in [2.24, 2.45) is 5.16 Å². The molecule has 1 N–H and O–H groups in total. The number of carbonyl (C=O) groups is 1. The highest BCUT2D eigenvalue weighted by molar-refractivity contribution is 5.89. The molecule has 0 bridgehead atoms. The van der Waals surface area contributed by atoms with Crippen LogP contribution in [-0.2, 0) is 4.84 Å². The molecule has 0 aliphatic heterocycles. The molecule has 18 heavy (non-hydrogen) atoms. The standard InChI is InChI=1S/C13H10N2O3/c16-12-3-1-10(2-4-12)9-15-18-13(17)11-5-7-14-8-6-11/h1-9,16H/b15-9+. The fraction of sp³-hybridized carbons (Fsp3) is 0. The van der Waals surface area contributed by atoms with E-state index in [9.17, 15) is 4.79 Å². The zero-order chi connectivity index (χ0) is 12.8. The number of hydrogen-bond acceptors (Lipinski definition) is 5. The molecule has 2 aromatic rings. The summed E-state index contributed by atoms with van der Waals surface area (Å²) in [5, 5.41) is 12.7. The average molecular weight is 242 g/mol. The molecule has 0 saturated carbocycles. The van der Waals surface area contributed by atoms with E-state index in [1.54, 1.807) is 24.3 Å². The summed E-state index contributed by atoms with van der Waals surface area (Å²) in [6.45, 7) is 0. The van der Waals surface area contributed by atoms with Gasteiger partial charge in [-0.3, -0.25) is 4.98 Å². The number of hydrogen-bond donors (Lipinski definition) is 1. The highest BCUT2D eigenvalue weighted by Crippen LogP contribution is 2.08. The lowest BCUT2D eigenvalue weighted by atomic mass is 10.2. The molecule has 2 rings (SSSR count). The summed E-state index contributed by atoms with van der Waals surface area (Å²) >= 11 is 0. The quantitative estimate of drug-likeness (QED) is 0.507. The highest BCUT2D eigenvalue weighted by Gasteiger charge is 2.04. The van der Waals surface area contributed by atoms with Crippen molar-refractivity contribution in [1.29, 1.82) is 0 Å². The van der Waals surface area contributed by atoms with Gasteiger partial charge in [0, 0.05) is 12.4 Å². The van der Waals surface area contributed by atoms with Crippen molar-refractivity contribution in [3.63, 3.8) is 0 Å². The molecule has 0 saturated heterocycles. The van der Waals surface area contributed by atoms with E-state index in [1.165, 1.54) is 30.7 Å². The Kier molecular flexibility index (Phi) is 3.66. The van der Waals surface area contributed by atoms with Crippen LogP contribution in [0.2, 0.25) is 0 Å². The van der Waals surface area contributed by atoms with Crippen LogP contribution in [0.1, 0.15) is 15.9 Å². The van der Waals surface area contributed by atoms with Crippen LogP contribution in [-0.4, -0.2) is 22.3 Å². The predicted octanol–water partition coefficient (Wildman–Crippen LogP) is 1.98. The summed E-state index contributed by atoms with van der Waals surface area (Å²) in [5.74, 6) is -0.381.